The van der Waals surface area contributed by atoms with E-state index in [2.05, 4.69) is 87.4 Å². The zero-order valence-electron chi connectivity index (χ0n) is 24.9. The molecule has 1 aliphatic rings. The van der Waals surface area contributed by atoms with E-state index in [1.54, 1.807) is 6.33 Å². The Bertz CT molecular complexity index is 1760. The number of aromatic nitrogens is 5. The number of fused-ring (bicyclic) bond motifs is 1. The number of pyridine rings is 1. The van der Waals surface area contributed by atoms with Crippen molar-refractivity contribution < 1.29 is 9.47 Å². The van der Waals surface area contributed by atoms with E-state index in [0.717, 1.165) is 57.9 Å². The lowest BCUT2D eigenvalue weighted by Gasteiger charge is -2.37. The summed E-state index contributed by atoms with van der Waals surface area (Å²) in [5.74, 6) is 1.40. The Morgan fingerprint density at radius 1 is 0.750 bits per heavy atom. The molecule has 0 N–H and O–H groups in total. The Morgan fingerprint density at radius 2 is 1.34 bits per heavy atom. The van der Waals surface area contributed by atoms with Gasteiger partial charge in [0, 0.05) is 30.6 Å². The van der Waals surface area contributed by atoms with Crippen LogP contribution in [-0.4, -0.2) is 57.1 Å². The van der Waals surface area contributed by atoms with Crippen LogP contribution in [0.3, 0.4) is 0 Å². The van der Waals surface area contributed by atoms with Gasteiger partial charge in [0.15, 0.2) is 0 Å². The molecule has 4 heterocycles. The van der Waals surface area contributed by atoms with Crippen LogP contribution in [0, 0.1) is 0 Å². The number of benzene rings is 3. The number of ether oxygens (including phenoxy) is 2. The molecule has 3 aromatic carbocycles. The highest BCUT2D eigenvalue weighted by Crippen LogP contribution is 2.44. The first-order chi connectivity index (χ1) is 21.6. The lowest BCUT2D eigenvalue weighted by Crippen LogP contribution is -2.38. The van der Waals surface area contributed by atoms with Crippen LogP contribution in [0.25, 0.3) is 22.3 Å². The summed E-state index contributed by atoms with van der Waals surface area (Å²) in [4.78, 5) is 16.4. The van der Waals surface area contributed by atoms with Crippen LogP contribution in [0.15, 0.2) is 116 Å². The molecule has 1 aliphatic heterocycles. The molecular weight excluding hydrogens is 548 g/mol. The summed E-state index contributed by atoms with van der Waals surface area (Å²) in [5, 5.41) is 6.35. The smallest absolute Gasteiger partial charge is 0.214 e. The fraction of sp³-hybridized carbons (Fsp3) is 0.222. The Kier molecular flexibility index (Phi) is 7.50. The second-order valence-corrected chi connectivity index (χ2v) is 11.1. The molecule has 0 saturated carbocycles. The number of rotatable bonds is 8. The number of morpholine rings is 1. The van der Waals surface area contributed by atoms with Gasteiger partial charge in [0.2, 0.25) is 5.88 Å². The quantitative estimate of drug-likeness (QED) is 0.194. The molecule has 7 rings (SSSR count). The van der Waals surface area contributed by atoms with Crippen molar-refractivity contribution in [1.29, 1.82) is 0 Å². The Morgan fingerprint density at radius 3 is 1.91 bits per heavy atom. The first kappa shape index (κ1) is 27.7. The van der Waals surface area contributed by atoms with Gasteiger partial charge >= 0.3 is 0 Å². The Hall–Kier alpha value is -5.08. The second-order valence-electron chi connectivity index (χ2n) is 11.1. The third-order valence-electron chi connectivity index (χ3n) is 8.02. The van der Waals surface area contributed by atoms with Crippen LogP contribution in [0.5, 0.6) is 5.88 Å². The highest BCUT2D eigenvalue weighted by Gasteiger charge is 2.41. The topological polar surface area (TPSA) is 78.2 Å². The molecule has 44 heavy (non-hydrogen) atoms. The molecule has 220 valence electrons. The maximum Gasteiger partial charge on any atom is 0.214 e. The molecule has 0 aliphatic carbocycles. The average Bonchev–Trinajstić information content (AvgIpc) is 3.46. The number of anilines is 1. The minimum absolute atomic E-state index is 0.0255. The molecular formula is C36H34N6O2. The van der Waals surface area contributed by atoms with Crippen molar-refractivity contribution in [3.8, 4) is 17.3 Å². The molecule has 1 fully saturated rings. The van der Waals surface area contributed by atoms with Gasteiger partial charge in [-0.05, 0) is 30.5 Å². The molecule has 0 spiro atoms. The van der Waals surface area contributed by atoms with E-state index < -0.39 is 5.54 Å². The van der Waals surface area contributed by atoms with Crippen LogP contribution in [0.1, 0.15) is 30.5 Å². The summed E-state index contributed by atoms with van der Waals surface area (Å²) in [6.07, 6.45) is 3.47. The van der Waals surface area contributed by atoms with Gasteiger partial charge in [-0.15, -0.1) is 0 Å². The summed E-state index contributed by atoms with van der Waals surface area (Å²) >= 11 is 0. The van der Waals surface area contributed by atoms with Crippen molar-refractivity contribution >= 4 is 16.7 Å². The fourth-order valence-electron chi connectivity index (χ4n) is 6.09. The number of nitrogens with zero attached hydrogens (tertiary/aromatic N) is 6. The summed E-state index contributed by atoms with van der Waals surface area (Å²) in [5.41, 5.74) is 4.74. The van der Waals surface area contributed by atoms with E-state index >= 15 is 0 Å². The van der Waals surface area contributed by atoms with Crippen LogP contribution in [0.4, 0.5) is 5.82 Å². The predicted molar refractivity (Wildman–Crippen MR) is 172 cm³/mol. The number of hydrogen-bond acceptors (Lipinski definition) is 7. The zero-order valence-corrected chi connectivity index (χ0v) is 24.9. The lowest BCUT2D eigenvalue weighted by molar-refractivity contribution is 0.122. The van der Waals surface area contributed by atoms with Crippen LogP contribution in [-0.2, 0) is 10.3 Å². The minimum atomic E-state index is -0.817. The zero-order chi connectivity index (χ0) is 29.9. The van der Waals surface area contributed by atoms with E-state index in [9.17, 15) is 0 Å². The third-order valence-corrected chi connectivity index (χ3v) is 8.02. The SMILES string of the molecule is CC(C)Oc1cc2c(-c3cc(N4CCOCC4)ncn3)nn(C(c3ccccc3)(c3ccccc3)c3ccccc3)c2cn1. The van der Waals surface area contributed by atoms with Crippen LogP contribution < -0.4 is 9.64 Å². The Labute approximate surface area is 257 Å². The maximum absolute atomic E-state index is 6.08. The standard InChI is InChI=1S/C36H34N6O2/c1-26(2)44-34-22-30-32(24-37-34)42(40-35(30)31-23-33(39-25-38-31)41-18-20-43-21-19-41)36(27-12-6-3-7-13-27,28-14-8-4-9-15-28)29-16-10-5-11-17-29/h3-17,22-26H,18-21H2,1-2H3. The van der Waals surface area contributed by atoms with Gasteiger partial charge in [-0.25, -0.2) is 19.6 Å². The maximum atomic E-state index is 6.08. The van der Waals surface area contributed by atoms with Crippen molar-refractivity contribution in [3.05, 3.63) is 132 Å². The number of hydrogen-bond donors (Lipinski definition) is 0. The summed E-state index contributed by atoms with van der Waals surface area (Å²) in [6.45, 7) is 6.90. The molecule has 0 radical (unpaired) electrons. The van der Waals surface area contributed by atoms with Crippen molar-refractivity contribution in [2.24, 2.45) is 0 Å². The Balaban J connectivity index is 1.55. The van der Waals surface area contributed by atoms with Gasteiger partial charge < -0.3 is 14.4 Å². The van der Waals surface area contributed by atoms with Gasteiger partial charge in [-0.3, -0.25) is 0 Å². The van der Waals surface area contributed by atoms with Gasteiger partial charge in [-0.2, -0.15) is 5.10 Å². The molecule has 6 aromatic rings. The van der Waals surface area contributed by atoms with Gasteiger partial charge in [0.1, 0.15) is 23.4 Å². The van der Waals surface area contributed by atoms with E-state index in [4.69, 9.17) is 24.5 Å². The van der Waals surface area contributed by atoms with E-state index in [1.807, 2.05) is 50.4 Å². The normalized spacial score (nSPS) is 13.8. The van der Waals surface area contributed by atoms with Crippen LogP contribution >= 0.6 is 0 Å². The molecule has 0 unspecified atom stereocenters. The van der Waals surface area contributed by atoms with Crippen molar-refractivity contribution in [2.75, 3.05) is 31.2 Å². The summed E-state index contributed by atoms with van der Waals surface area (Å²) in [7, 11) is 0. The first-order valence-electron chi connectivity index (χ1n) is 15.0. The predicted octanol–water partition coefficient (Wildman–Crippen LogP) is 6.35. The monoisotopic (exact) mass is 582 g/mol. The summed E-state index contributed by atoms with van der Waals surface area (Å²) in [6, 6.07) is 35.6. The molecule has 8 heteroatoms. The molecule has 3 aromatic heterocycles. The fourth-order valence-corrected chi connectivity index (χ4v) is 6.09. The van der Waals surface area contributed by atoms with Gasteiger partial charge in [-0.1, -0.05) is 91.0 Å². The minimum Gasteiger partial charge on any atom is -0.475 e. The molecule has 0 amide bonds. The highest BCUT2D eigenvalue weighted by atomic mass is 16.5. The first-order valence-corrected chi connectivity index (χ1v) is 15.0. The lowest BCUT2D eigenvalue weighted by atomic mass is 9.77. The molecule has 0 bridgehead atoms. The van der Waals surface area contributed by atoms with Gasteiger partial charge in [0.25, 0.3) is 0 Å². The molecule has 8 nitrogen and oxygen atoms in total. The van der Waals surface area contributed by atoms with Gasteiger partial charge in [0.05, 0.1) is 36.7 Å². The average molecular weight is 583 g/mol. The largest absolute Gasteiger partial charge is 0.475 e. The third kappa shape index (κ3) is 4.97. The highest BCUT2D eigenvalue weighted by molar-refractivity contribution is 5.93. The van der Waals surface area contributed by atoms with Crippen LogP contribution in [0.2, 0.25) is 0 Å². The van der Waals surface area contributed by atoms with E-state index in [-0.39, 0.29) is 6.10 Å². The molecule has 1 saturated heterocycles. The van der Waals surface area contributed by atoms with Crippen molar-refractivity contribution in [2.45, 2.75) is 25.5 Å². The van der Waals surface area contributed by atoms with E-state index in [1.165, 1.54) is 0 Å². The van der Waals surface area contributed by atoms with Crippen molar-refractivity contribution in [3.63, 3.8) is 0 Å². The summed E-state index contributed by atoms with van der Waals surface area (Å²) < 4.78 is 13.8. The second kappa shape index (κ2) is 11.9. The molecule has 0 atom stereocenters. The van der Waals surface area contributed by atoms with E-state index in [0.29, 0.717) is 19.1 Å². The van der Waals surface area contributed by atoms with Crippen molar-refractivity contribution in [1.82, 2.24) is 24.7 Å².